The molecule has 0 amide bonds. The lowest BCUT2D eigenvalue weighted by Crippen LogP contribution is -1.98. The van der Waals surface area contributed by atoms with Crippen LogP contribution in [0.15, 0.2) is 36.8 Å². The molecule has 2 rings (SSSR count). The third-order valence-electron chi connectivity index (χ3n) is 2.13. The molecule has 16 heavy (non-hydrogen) atoms. The second kappa shape index (κ2) is 4.65. The number of carboxylic acid groups (broad SMARTS) is 1. The van der Waals surface area contributed by atoms with E-state index in [9.17, 15) is 4.79 Å². The summed E-state index contributed by atoms with van der Waals surface area (Å²) in [6, 6.07) is 8.07. The van der Waals surface area contributed by atoms with E-state index in [1.807, 2.05) is 24.3 Å². The first-order valence-electron chi connectivity index (χ1n) is 4.64. The van der Waals surface area contributed by atoms with Crippen LogP contribution in [0.25, 0.3) is 0 Å². The Hall–Kier alpha value is -1.37. The van der Waals surface area contributed by atoms with Crippen molar-refractivity contribution in [2.45, 2.75) is 6.54 Å². The maximum Gasteiger partial charge on any atom is 0.356 e. The average molecular weight is 328 g/mol. The maximum absolute atomic E-state index is 10.6. The Labute approximate surface area is 106 Å². The third kappa shape index (κ3) is 2.60. The van der Waals surface area contributed by atoms with E-state index in [0.717, 1.165) is 5.56 Å². The lowest BCUT2D eigenvalue weighted by Gasteiger charge is -2.01. The number of halogens is 1. The second-order valence-corrected chi connectivity index (χ2v) is 4.61. The molecule has 5 heteroatoms. The Kier molecular flexibility index (Phi) is 3.23. The molecule has 0 atom stereocenters. The zero-order chi connectivity index (χ0) is 11.5. The highest BCUT2D eigenvalue weighted by Crippen LogP contribution is 2.08. The first-order chi connectivity index (χ1) is 7.65. The molecule has 0 bridgehead atoms. The number of benzene rings is 1. The van der Waals surface area contributed by atoms with E-state index in [2.05, 4.69) is 27.6 Å². The van der Waals surface area contributed by atoms with Gasteiger partial charge < -0.3 is 9.67 Å². The molecule has 0 saturated heterocycles. The van der Waals surface area contributed by atoms with E-state index in [1.54, 1.807) is 4.57 Å². The van der Waals surface area contributed by atoms with Crippen molar-refractivity contribution in [1.29, 1.82) is 0 Å². The van der Waals surface area contributed by atoms with Gasteiger partial charge in [-0.3, -0.25) is 0 Å². The van der Waals surface area contributed by atoms with Crippen molar-refractivity contribution in [1.82, 2.24) is 9.55 Å². The largest absolute Gasteiger partial charge is 0.476 e. The molecule has 1 aromatic heterocycles. The van der Waals surface area contributed by atoms with Gasteiger partial charge in [-0.1, -0.05) is 12.1 Å². The molecule has 2 aromatic rings. The average Bonchev–Trinajstić information content (AvgIpc) is 2.70. The normalized spacial score (nSPS) is 10.3. The summed E-state index contributed by atoms with van der Waals surface area (Å²) in [5.74, 6) is -0.999. The van der Waals surface area contributed by atoms with Crippen molar-refractivity contribution in [3.63, 3.8) is 0 Å². The SMILES string of the molecule is O=C(O)c1cn(Cc2ccc(I)cc2)cn1. The standard InChI is InChI=1S/C11H9IN2O2/c12-9-3-1-8(2-4-9)5-14-6-10(11(15)16)13-7-14/h1-4,6-7H,5H2,(H,15,16). The molecule has 0 unspecified atom stereocenters. The minimum Gasteiger partial charge on any atom is -0.476 e. The molecular weight excluding hydrogens is 319 g/mol. The van der Waals surface area contributed by atoms with Crippen LogP contribution in [-0.4, -0.2) is 20.6 Å². The van der Waals surface area contributed by atoms with Crippen molar-refractivity contribution in [2.75, 3.05) is 0 Å². The lowest BCUT2D eigenvalue weighted by atomic mass is 10.2. The van der Waals surface area contributed by atoms with Gasteiger partial charge in [0, 0.05) is 16.3 Å². The molecule has 0 aliphatic carbocycles. The molecular formula is C11H9IN2O2. The summed E-state index contributed by atoms with van der Waals surface area (Å²) >= 11 is 2.24. The van der Waals surface area contributed by atoms with E-state index in [0.29, 0.717) is 6.54 Å². The molecule has 0 radical (unpaired) electrons. The molecule has 1 aromatic carbocycles. The number of imidazole rings is 1. The van der Waals surface area contributed by atoms with Gasteiger partial charge in [0.2, 0.25) is 0 Å². The van der Waals surface area contributed by atoms with Crippen LogP contribution in [0.1, 0.15) is 16.1 Å². The molecule has 1 heterocycles. The Morgan fingerprint density at radius 1 is 1.38 bits per heavy atom. The van der Waals surface area contributed by atoms with Crippen LogP contribution < -0.4 is 0 Å². The molecule has 82 valence electrons. The Morgan fingerprint density at radius 3 is 2.62 bits per heavy atom. The number of aromatic carboxylic acids is 1. The van der Waals surface area contributed by atoms with Crippen LogP contribution in [0, 0.1) is 3.57 Å². The number of carboxylic acids is 1. The molecule has 1 N–H and O–H groups in total. The smallest absolute Gasteiger partial charge is 0.356 e. The van der Waals surface area contributed by atoms with Gasteiger partial charge in [-0.25, -0.2) is 9.78 Å². The van der Waals surface area contributed by atoms with Crippen LogP contribution in [0.5, 0.6) is 0 Å². The van der Waals surface area contributed by atoms with Crippen LogP contribution in [0.2, 0.25) is 0 Å². The first-order valence-corrected chi connectivity index (χ1v) is 5.72. The van der Waals surface area contributed by atoms with Gasteiger partial charge in [-0.15, -0.1) is 0 Å². The van der Waals surface area contributed by atoms with E-state index in [-0.39, 0.29) is 5.69 Å². The maximum atomic E-state index is 10.6. The van der Waals surface area contributed by atoms with Gasteiger partial charge in [0.25, 0.3) is 0 Å². The summed E-state index contributed by atoms with van der Waals surface area (Å²) in [4.78, 5) is 14.4. The van der Waals surface area contributed by atoms with Gasteiger partial charge in [0.1, 0.15) is 0 Å². The van der Waals surface area contributed by atoms with E-state index < -0.39 is 5.97 Å². The van der Waals surface area contributed by atoms with Gasteiger partial charge in [0.05, 0.1) is 6.33 Å². The van der Waals surface area contributed by atoms with Gasteiger partial charge in [-0.05, 0) is 40.3 Å². The molecule has 0 saturated carbocycles. The van der Waals surface area contributed by atoms with Crippen LogP contribution in [0.4, 0.5) is 0 Å². The summed E-state index contributed by atoms with van der Waals surface area (Å²) in [5, 5.41) is 8.72. The Morgan fingerprint density at radius 2 is 2.06 bits per heavy atom. The fraction of sp³-hybridized carbons (Fsp3) is 0.0909. The monoisotopic (exact) mass is 328 g/mol. The van der Waals surface area contributed by atoms with Crippen molar-refractivity contribution < 1.29 is 9.90 Å². The molecule has 0 fully saturated rings. The number of nitrogens with zero attached hydrogens (tertiary/aromatic N) is 2. The number of aromatic nitrogens is 2. The number of hydrogen-bond acceptors (Lipinski definition) is 2. The molecule has 0 spiro atoms. The quantitative estimate of drug-likeness (QED) is 0.879. The van der Waals surface area contributed by atoms with Crippen molar-refractivity contribution in [3.05, 3.63) is 51.6 Å². The van der Waals surface area contributed by atoms with Crippen molar-refractivity contribution in [3.8, 4) is 0 Å². The second-order valence-electron chi connectivity index (χ2n) is 3.36. The highest BCUT2D eigenvalue weighted by molar-refractivity contribution is 14.1. The molecule has 0 aliphatic rings. The fourth-order valence-electron chi connectivity index (χ4n) is 1.36. The predicted octanol–water partition coefficient (Wildman–Crippen LogP) is 2.23. The van der Waals surface area contributed by atoms with Crippen molar-refractivity contribution >= 4 is 28.6 Å². The zero-order valence-corrected chi connectivity index (χ0v) is 10.5. The highest BCUT2D eigenvalue weighted by Gasteiger charge is 2.06. The van der Waals surface area contributed by atoms with E-state index in [1.165, 1.54) is 16.1 Å². The topological polar surface area (TPSA) is 55.1 Å². The molecule has 4 nitrogen and oxygen atoms in total. The minimum atomic E-state index is -0.999. The molecule has 0 aliphatic heterocycles. The first kappa shape index (κ1) is 11.1. The predicted molar refractivity (Wildman–Crippen MR) is 67.4 cm³/mol. The summed E-state index contributed by atoms with van der Waals surface area (Å²) in [6.45, 7) is 0.636. The fourth-order valence-corrected chi connectivity index (χ4v) is 1.72. The summed E-state index contributed by atoms with van der Waals surface area (Å²) in [7, 11) is 0. The minimum absolute atomic E-state index is 0.0745. The number of carbonyl (C=O) groups is 1. The summed E-state index contributed by atoms with van der Waals surface area (Å²) in [6.07, 6.45) is 3.06. The van der Waals surface area contributed by atoms with Gasteiger partial charge >= 0.3 is 5.97 Å². The van der Waals surface area contributed by atoms with E-state index >= 15 is 0 Å². The van der Waals surface area contributed by atoms with Crippen molar-refractivity contribution in [2.24, 2.45) is 0 Å². The summed E-state index contributed by atoms with van der Waals surface area (Å²) in [5.41, 5.74) is 1.19. The lowest BCUT2D eigenvalue weighted by molar-refractivity contribution is 0.0691. The number of rotatable bonds is 3. The van der Waals surface area contributed by atoms with Crippen LogP contribution in [-0.2, 0) is 6.54 Å². The summed E-state index contributed by atoms with van der Waals surface area (Å²) < 4.78 is 2.93. The van der Waals surface area contributed by atoms with Crippen LogP contribution >= 0.6 is 22.6 Å². The van der Waals surface area contributed by atoms with Gasteiger partial charge in [-0.2, -0.15) is 0 Å². The Balaban J connectivity index is 2.14. The van der Waals surface area contributed by atoms with Gasteiger partial charge in [0.15, 0.2) is 5.69 Å². The van der Waals surface area contributed by atoms with Crippen LogP contribution in [0.3, 0.4) is 0 Å². The zero-order valence-electron chi connectivity index (χ0n) is 8.30. The highest BCUT2D eigenvalue weighted by atomic mass is 127. The third-order valence-corrected chi connectivity index (χ3v) is 2.85. The number of hydrogen-bond donors (Lipinski definition) is 1. The van der Waals surface area contributed by atoms with E-state index in [4.69, 9.17) is 5.11 Å². The Bertz CT molecular complexity index is 505.